The number of carbonyl (C=O) groups excluding carboxylic acids is 1. The number of aromatic amines is 1. The maximum atomic E-state index is 12.7. The van der Waals surface area contributed by atoms with Crippen molar-refractivity contribution < 1.29 is 4.79 Å². The normalized spacial score (nSPS) is 16.2. The summed E-state index contributed by atoms with van der Waals surface area (Å²) < 4.78 is 1.38. The Morgan fingerprint density at radius 3 is 2.76 bits per heavy atom. The minimum atomic E-state index is -0.211. The monoisotopic (exact) mass is 338 g/mol. The lowest BCUT2D eigenvalue weighted by molar-refractivity contribution is -0.122. The standard InChI is InChI=1S/C19H22N4O2/c24-16(21-13-7-3-1-2-4-8-13)11-23-12-20-17-14-9-5-6-10-15(14)22-18(17)19(23)25/h5-6,9-10,12-13,22H,1-4,7-8,11H2,(H,21,24). The van der Waals surface area contributed by atoms with E-state index in [9.17, 15) is 9.59 Å². The number of hydrogen-bond acceptors (Lipinski definition) is 3. The van der Waals surface area contributed by atoms with Crippen LogP contribution in [0.15, 0.2) is 35.4 Å². The molecule has 25 heavy (non-hydrogen) atoms. The lowest BCUT2D eigenvalue weighted by Gasteiger charge is -2.16. The molecule has 1 aliphatic rings. The van der Waals surface area contributed by atoms with Crippen LogP contribution in [-0.2, 0) is 11.3 Å². The molecule has 2 heterocycles. The third-order valence-electron chi connectivity index (χ3n) is 5.01. The van der Waals surface area contributed by atoms with Crippen molar-refractivity contribution in [3.8, 4) is 0 Å². The number of para-hydroxylation sites is 1. The number of amides is 1. The first-order valence-electron chi connectivity index (χ1n) is 8.97. The summed E-state index contributed by atoms with van der Waals surface area (Å²) in [6.45, 7) is 0.00758. The van der Waals surface area contributed by atoms with E-state index in [0.29, 0.717) is 11.0 Å². The average molecular weight is 338 g/mol. The zero-order valence-corrected chi connectivity index (χ0v) is 14.1. The van der Waals surface area contributed by atoms with E-state index >= 15 is 0 Å². The van der Waals surface area contributed by atoms with Gasteiger partial charge in [0.05, 0.1) is 6.33 Å². The van der Waals surface area contributed by atoms with E-state index in [0.717, 1.165) is 36.6 Å². The fourth-order valence-corrected chi connectivity index (χ4v) is 3.70. The average Bonchev–Trinajstić information content (AvgIpc) is 2.80. The van der Waals surface area contributed by atoms with Crippen molar-refractivity contribution in [1.29, 1.82) is 0 Å². The quantitative estimate of drug-likeness (QED) is 0.721. The van der Waals surface area contributed by atoms with Crippen molar-refractivity contribution in [2.24, 2.45) is 0 Å². The van der Waals surface area contributed by atoms with Crippen LogP contribution in [0, 0.1) is 0 Å². The largest absolute Gasteiger partial charge is 0.352 e. The van der Waals surface area contributed by atoms with Gasteiger partial charge in [0, 0.05) is 16.9 Å². The molecule has 6 nitrogen and oxygen atoms in total. The third-order valence-corrected chi connectivity index (χ3v) is 5.01. The summed E-state index contributed by atoms with van der Waals surface area (Å²) in [4.78, 5) is 32.6. The number of hydrogen-bond donors (Lipinski definition) is 2. The van der Waals surface area contributed by atoms with E-state index in [1.54, 1.807) is 0 Å². The third kappa shape index (κ3) is 3.16. The molecule has 130 valence electrons. The van der Waals surface area contributed by atoms with Gasteiger partial charge in [0.15, 0.2) is 0 Å². The Morgan fingerprint density at radius 2 is 1.96 bits per heavy atom. The molecule has 4 rings (SSSR count). The van der Waals surface area contributed by atoms with Crippen LogP contribution in [-0.4, -0.2) is 26.5 Å². The Morgan fingerprint density at radius 1 is 1.20 bits per heavy atom. The molecule has 0 bridgehead atoms. The van der Waals surface area contributed by atoms with Crippen LogP contribution < -0.4 is 10.9 Å². The molecule has 2 aromatic heterocycles. The molecule has 0 unspecified atom stereocenters. The highest BCUT2D eigenvalue weighted by atomic mass is 16.2. The smallest absolute Gasteiger partial charge is 0.278 e. The summed E-state index contributed by atoms with van der Waals surface area (Å²) in [7, 11) is 0. The van der Waals surface area contributed by atoms with E-state index in [-0.39, 0.29) is 24.1 Å². The number of nitrogens with zero attached hydrogens (tertiary/aromatic N) is 2. The zero-order valence-electron chi connectivity index (χ0n) is 14.1. The molecule has 0 saturated heterocycles. The van der Waals surface area contributed by atoms with Gasteiger partial charge in [0.25, 0.3) is 5.56 Å². The number of fused-ring (bicyclic) bond motifs is 3. The maximum absolute atomic E-state index is 12.7. The number of rotatable bonds is 3. The minimum Gasteiger partial charge on any atom is -0.352 e. The van der Waals surface area contributed by atoms with E-state index in [1.165, 1.54) is 23.7 Å². The van der Waals surface area contributed by atoms with Crippen molar-refractivity contribution in [3.05, 3.63) is 40.9 Å². The van der Waals surface area contributed by atoms with E-state index in [1.807, 2.05) is 24.3 Å². The summed E-state index contributed by atoms with van der Waals surface area (Å²) in [6.07, 6.45) is 8.33. The topological polar surface area (TPSA) is 79.8 Å². The number of H-pyrrole nitrogens is 1. The van der Waals surface area contributed by atoms with Crippen LogP contribution in [0.2, 0.25) is 0 Å². The second-order valence-electron chi connectivity index (χ2n) is 6.83. The van der Waals surface area contributed by atoms with Gasteiger partial charge in [0.2, 0.25) is 5.91 Å². The van der Waals surface area contributed by atoms with Gasteiger partial charge in [-0.3, -0.25) is 14.2 Å². The molecular formula is C19H22N4O2. The van der Waals surface area contributed by atoms with Gasteiger partial charge in [-0.25, -0.2) is 4.98 Å². The van der Waals surface area contributed by atoms with Crippen LogP contribution in [0.1, 0.15) is 38.5 Å². The molecule has 6 heteroatoms. The highest BCUT2D eigenvalue weighted by Crippen LogP contribution is 2.20. The maximum Gasteiger partial charge on any atom is 0.278 e. The highest BCUT2D eigenvalue weighted by Gasteiger charge is 2.16. The SMILES string of the molecule is O=C(Cn1cnc2c([nH]c3ccccc32)c1=O)NC1CCCCCC1. The first kappa shape index (κ1) is 15.9. The molecule has 0 radical (unpaired) electrons. The van der Waals surface area contributed by atoms with Crippen LogP contribution in [0.3, 0.4) is 0 Å². The summed E-state index contributed by atoms with van der Waals surface area (Å²) in [6, 6.07) is 7.92. The Kier molecular flexibility index (Phi) is 4.26. The Hall–Kier alpha value is -2.63. The fraction of sp³-hybridized carbons (Fsp3) is 0.421. The lowest BCUT2D eigenvalue weighted by Crippen LogP contribution is -2.38. The van der Waals surface area contributed by atoms with Gasteiger partial charge < -0.3 is 10.3 Å². The number of carbonyl (C=O) groups is 1. The second-order valence-corrected chi connectivity index (χ2v) is 6.83. The first-order valence-corrected chi connectivity index (χ1v) is 8.97. The van der Waals surface area contributed by atoms with Crippen molar-refractivity contribution >= 4 is 27.8 Å². The predicted octanol–water partition coefficient (Wildman–Crippen LogP) is 2.72. The number of benzene rings is 1. The molecule has 1 saturated carbocycles. The van der Waals surface area contributed by atoms with Crippen molar-refractivity contribution in [1.82, 2.24) is 19.9 Å². The van der Waals surface area contributed by atoms with E-state index in [4.69, 9.17) is 0 Å². The molecule has 0 atom stereocenters. The summed E-state index contributed by atoms with van der Waals surface area (Å²) >= 11 is 0. The number of aromatic nitrogens is 3. The molecule has 2 N–H and O–H groups in total. The number of nitrogens with one attached hydrogen (secondary N) is 2. The molecule has 1 fully saturated rings. The predicted molar refractivity (Wildman–Crippen MR) is 97.5 cm³/mol. The van der Waals surface area contributed by atoms with Crippen LogP contribution in [0.4, 0.5) is 0 Å². The highest BCUT2D eigenvalue weighted by molar-refractivity contribution is 6.04. The van der Waals surface area contributed by atoms with E-state index in [2.05, 4.69) is 15.3 Å². The second kappa shape index (κ2) is 6.70. The summed E-state index contributed by atoms with van der Waals surface area (Å²) in [5.74, 6) is -0.119. The van der Waals surface area contributed by atoms with Gasteiger partial charge in [-0.05, 0) is 18.9 Å². The Bertz CT molecular complexity index is 964. The molecule has 1 aliphatic carbocycles. The molecule has 0 aliphatic heterocycles. The van der Waals surface area contributed by atoms with Crippen molar-refractivity contribution in [3.63, 3.8) is 0 Å². The molecule has 1 amide bonds. The zero-order chi connectivity index (χ0) is 17.2. The van der Waals surface area contributed by atoms with Crippen molar-refractivity contribution in [2.75, 3.05) is 0 Å². The van der Waals surface area contributed by atoms with Gasteiger partial charge in [-0.2, -0.15) is 0 Å². The molecular weight excluding hydrogens is 316 g/mol. The molecule has 0 spiro atoms. The summed E-state index contributed by atoms with van der Waals surface area (Å²) in [5, 5.41) is 3.99. The van der Waals surface area contributed by atoms with Crippen LogP contribution in [0.25, 0.3) is 21.9 Å². The minimum absolute atomic E-state index is 0.00758. The Labute approximate surface area is 145 Å². The van der Waals surface area contributed by atoms with Gasteiger partial charge in [0.1, 0.15) is 17.6 Å². The molecule has 1 aromatic carbocycles. The van der Waals surface area contributed by atoms with Gasteiger partial charge in [-0.15, -0.1) is 0 Å². The Balaban J connectivity index is 1.57. The van der Waals surface area contributed by atoms with Crippen LogP contribution >= 0.6 is 0 Å². The fourth-order valence-electron chi connectivity index (χ4n) is 3.70. The lowest BCUT2D eigenvalue weighted by atomic mass is 10.1. The van der Waals surface area contributed by atoms with E-state index < -0.39 is 0 Å². The van der Waals surface area contributed by atoms with Gasteiger partial charge in [-0.1, -0.05) is 43.9 Å². The van der Waals surface area contributed by atoms with Crippen molar-refractivity contribution in [2.45, 2.75) is 51.1 Å². The van der Waals surface area contributed by atoms with Crippen LogP contribution in [0.5, 0.6) is 0 Å². The first-order chi connectivity index (χ1) is 12.2. The molecule has 3 aromatic rings. The van der Waals surface area contributed by atoms with Gasteiger partial charge >= 0.3 is 0 Å². The summed E-state index contributed by atoms with van der Waals surface area (Å²) in [5.41, 5.74) is 1.77.